The maximum atomic E-state index is 12.7. The number of nitrogens with one attached hydrogen (secondary N) is 2. The van der Waals surface area contributed by atoms with E-state index >= 15 is 0 Å². The minimum atomic E-state index is -4.49. The maximum Gasteiger partial charge on any atom is 0.416 e. The third-order valence-electron chi connectivity index (χ3n) is 3.65. The fraction of sp³-hybridized carbons (Fsp3) is 0.235. The van der Waals surface area contributed by atoms with E-state index in [1.165, 1.54) is 37.4 Å². The summed E-state index contributed by atoms with van der Waals surface area (Å²) in [5.74, 6) is -0.555. The molecule has 0 aliphatic carbocycles. The van der Waals surface area contributed by atoms with Crippen LogP contribution in [0.15, 0.2) is 47.4 Å². The highest BCUT2D eigenvalue weighted by Gasteiger charge is 2.30. The van der Waals surface area contributed by atoms with Crippen LogP contribution in [0, 0.1) is 6.92 Å². The van der Waals surface area contributed by atoms with Crippen molar-refractivity contribution in [1.29, 1.82) is 0 Å². The SMILES string of the molecule is CNS(=O)(=O)c1cc(NC(=O)Cc2cccc(C(F)(F)F)c2)ccc1C. The molecule has 0 atom stereocenters. The quantitative estimate of drug-likeness (QED) is 0.829. The van der Waals surface area contributed by atoms with Gasteiger partial charge in [-0.15, -0.1) is 0 Å². The molecule has 0 spiro atoms. The predicted molar refractivity (Wildman–Crippen MR) is 91.2 cm³/mol. The largest absolute Gasteiger partial charge is 0.416 e. The van der Waals surface area contributed by atoms with Gasteiger partial charge in [0, 0.05) is 5.69 Å². The second-order valence-corrected chi connectivity index (χ2v) is 7.47. The van der Waals surface area contributed by atoms with Crippen LogP contribution < -0.4 is 10.0 Å². The first kappa shape index (κ1) is 19.9. The number of halogens is 3. The zero-order chi connectivity index (χ0) is 19.5. The Morgan fingerprint density at radius 3 is 2.42 bits per heavy atom. The minimum absolute atomic E-state index is 0.0110. The lowest BCUT2D eigenvalue weighted by molar-refractivity contribution is -0.137. The Balaban J connectivity index is 2.18. The number of amides is 1. The standard InChI is InChI=1S/C17H17F3N2O3S/c1-11-6-7-14(10-15(11)26(24,25)21-2)22-16(23)9-12-4-3-5-13(8-12)17(18,19)20/h3-8,10,21H,9H2,1-2H3,(H,22,23). The number of anilines is 1. The highest BCUT2D eigenvalue weighted by molar-refractivity contribution is 7.89. The number of sulfonamides is 1. The van der Waals surface area contributed by atoms with Gasteiger partial charge in [-0.25, -0.2) is 13.1 Å². The molecule has 2 aromatic rings. The molecule has 0 heterocycles. The highest BCUT2D eigenvalue weighted by Crippen LogP contribution is 2.29. The van der Waals surface area contributed by atoms with Gasteiger partial charge in [-0.05, 0) is 43.3 Å². The van der Waals surface area contributed by atoms with Gasteiger partial charge in [-0.2, -0.15) is 13.2 Å². The topological polar surface area (TPSA) is 75.3 Å². The van der Waals surface area contributed by atoms with E-state index in [2.05, 4.69) is 10.0 Å². The number of benzene rings is 2. The molecule has 2 N–H and O–H groups in total. The third-order valence-corrected chi connectivity index (χ3v) is 5.21. The van der Waals surface area contributed by atoms with E-state index in [-0.39, 0.29) is 22.6 Å². The molecule has 2 aromatic carbocycles. The van der Waals surface area contributed by atoms with Crippen molar-refractivity contribution in [2.24, 2.45) is 0 Å². The van der Waals surface area contributed by atoms with Gasteiger partial charge in [-0.1, -0.05) is 24.3 Å². The molecule has 0 saturated heterocycles. The van der Waals surface area contributed by atoms with Crippen molar-refractivity contribution in [1.82, 2.24) is 4.72 Å². The second-order valence-electron chi connectivity index (χ2n) is 5.61. The van der Waals surface area contributed by atoms with Crippen LogP contribution in [-0.2, 0) is 27.4 Å². The van der Waals surface area contributed by atoms with Gasteiger partial charge in [0.2, 0.25) is 15.9 Å². The Bertz CT molecular complexity index is 925. The average Bonchev–Trinajstić information content (AvgIpc) is 2.56. The van der Waals surface area contributed by atoms with Gasteiger partial charge in [0.15, 0.2) is 0 Å². The lowest BCUT2D eigenvalue weighted by Gasteiger charge is -2.11. The molecule has 1 amide bonds. The molecule has 0 fully saturated rings. The first-order valence-corrected chi connectivity index (χ1v) is 9.01. The molecule has 26 heavy (non-hydrogen) atoms. The summed E-state index contributed by atoms with van der Waals surface area (Å²) in [6.07, 6.45) is -4.76. The normalized spacial score (nSPS) is 12.0. The van der Waals surface area contributed by atoms with Gasteiger partial charge in [0.05, 0.1) is 16.9 Å². The Morgan fingerprint density at radius 1 is 1.12 bits per heavy atom. The number of hydrogen-bond acceptors (Lipinski definition) is 3. The number of alkyl halides is 3. The predicted octanol–water partition coefficient (Wildman–Crippen LogP) is 3.10. The number of hydrogen-bond donors (Lipinski definition) is 2. The third kappa shape index (κ3) is 4.83. The molecule has 0 aliphatic heterocycles. The maximum absolute atomic E-state index is 12.7. The number of carbonyl (C=O) groups is 1. The molecule has 0 radical (unpaired) electrons. The smallest absolute Gasteiger partial charge is 0.326 e. The summed E-state index contributed by atoms with van der Waals surface area (Å²) in [6.45, 7) is 1.61. The molecule has 9 heteroatoms. The van der Waals surface area contributed by atoms with Crippen molar-refractivity contribution in [3.63, 3.8) is 0 Å². The zero-order valence-electron chi connectivity index (χ0n) is 14.0. The molecule has 0 bridgehead atoms. The Morgan fingerprint density at radius 2 is 1.81 bits per heavy atom. The van der Waals surface area contributed by atoms with Crippen LogP contribution >= 0.6 is 0 Å². The van der Waals surface area contributed by atoms with Crippen molar-refractivity contribution in [3.05, 3.63) is 59.2 Å². The van der Waals surface area contributed by atoms with Gasteiger partial charge in [0.25, 0.3) is 0 Å². The molecule has 5 nitrogen and oxygen atoms in total. The van der Waals surface area contributed by atoms with E-state index in [9.17, 15) is 26.4 Å². The fourth-order valence-corrected chi connectivity index (χ4v) is 3.32. The minimum Gasteiger partial charge on any atom is -0.326 e. The fourth-order valence-electron chi connectivity index (χ4n) is 2.33. The Hall–Kier alpha value is -2.39. The first-order valence-electron chi connectivity index (χ1n) is 7.53. The van der Waals surface area contributed by atoms with Crippen LogP contribution in [0.5, 0.6) is 0 Å². The van der Waals surface area contributed by atoms with E-state index < -0.39 is 27.7 Å². The van der Waals surface area contributed by atoms with Crippen LogP contribution in [0.2, 0.25) is 0 Å². The molecule has 0 unspecified atom stereocenters. The second kappa shape index (κ2) is 7.46. The van der Waals surface area contributed by atoms with Crippen LogP contribution in [0.3, 0.4) is 0 Å². The zero-order valence-corrected chi connectivity index (χ0v) is 14.8. The van der Waals surface area contributed by atoms with Crippen molar-refractivity contribution >= 4 is 21.6 Å². The molecular formula is C17H17F3N2O3S. The van der Waals surface area contributed by atoms with Crippen LogP contribution in [0.4, 0.5) is 18.9 Å². The van der Waals surface area contributed by atoms with Crippen molar-refractivity contribution in [2.45, 2.75) is 24.4 Å². The number of aryl methyl sites for hydroxylation is 1. The summed E-state index contributed by atoms with van der Waals surface area (Å²) in [4.78, 5) is 12.1. The van der Waals surface area contributed by atoms with Gasteiger partial charge >= 0.3 is 6.18 Å². The van der Waals surface area contributed by atoms with Crippen LogP contribution in [0.25, 0.3) is 0 Å². The van der Waals surface area contributed by atoms with E-state index in [1.54, 1.807) is 6.92 Å². The number of rotatable bonds is 5. The van der Waals surface area contributed by atoms with E-state index in [0.29, 0.717) is 5.56 Å². The lowest BCUT2D eigenvalue weighted by atomic mass is 10.1. The summed E-state index contributed by atoms with van der Waals surface area (Å²) in [6, 6.07) is 8.83. The monoisotopic (exact) mass is 386 g/mol. The van der Waals surface area contributed by atoms with Crippen LogP contribution in [-0.4, -0.2) is 21.4 Å². The molecule has 140 valence electrons. The summed E-state index contributed by atoms with van der Waals surface area (Å²) in [7, 11) is -2.42. The van der Waals surface area contributed by atoms with Crippen molar-refractivity contribution < 1.29 is 26.4 Å². The molecular weight excluding hydrogens is 369 g/mol. The molecule has 2 rings (SSSR count). The summed E-state index contributed by atoms with van der Waals surface area (Å²) in [5.41, 5.74) is 0.102. The summed E-state index contributed by atoms with van der Waals surface area (Å²) >= 11 is 0. The van der Waals surface area contributed by atoms with Crippen molar-refractivity contribution in [3.8, 4) is 0 Å². The van der Waals surface area contributed by atoms with Gasteiger partial charge in [0.1, 0.15) is 0 Å². The number of carbonyl (C=O) groups excluding carboxylic acids is 1. The molecule has 0 aliphatic rings. The van der Waals surface area contributed by atoms with Crippen molar-refractivity contribution in [2.75, 3.05) is 12.4 Å². The molecule has 0 aromatic heterocycles. The van der Waals surface area contributed by atoms with E-state index in [0.717, 1.165) is 12.1 Å². The Labute approximate surface area is 149 Å². The first-order chi connectivity index (χ1) is 12.0. The average molecular weight is 386 g/mol. The summed E-state index contributed by atoms with van der Waals surface area (Å²) < 4.78 is 64.2. The Kier molecular flexibility index (Phi) is 5.72. The highest BCUT2D eigenvalue weighted by atomic mass is 32.2. The molecule has 0 saturated carbocycles. The van der Waals surface area contributed by atoms with Gasteiger partial charge < -0.3 is 5.32 Å². The van der Waals surface area contributed by atoms with Crippen LogP contribution in [0.1, 0.15) is 16.7 Å². The summed E-state index contributed by atoms with van der Waals surface area (Å²) in [5, 5.41) is 2.50. The lowest BCUT2D eigenvalue weighted by Crippen LogP contribution is -2.20. The van der Waals surface area contributed by atoms with E-state index in [4.69, 9.17) is 0 Å². The van der Waals surface area contributed by atoms with Gasteiger partial charge in [-0.3, -0.25) is 4.79 Å². The van der Waals surface area contributed by atoms with E-state index in [1.807, 2.05) is 0 Å².